The third kappa shape index (κ3) is 4.05. The Morgan fingerprint density at radius 3 is 2.43 bits per heavy atom. The number of hydrogen-bond acceptors (Lipinski definition) is 3. The summed E-state index contributed by atoms with van der Waals surface area (Å²) in [5, 5.41) is 20.6. The fourth-order valence-electron chi connectivity index (χ4n) is 3.86. The molecule has 1 aromatic heterocycles. The highest BCUT2D eigenvalue weighted by atomic mass is 35.5. The Bertz CT molecular complexity index is 1100. The molecule has 0 aliphatic rings. The molecule has 0 spiro atoms. The fraction of sp³-hybridized carbons (Fsp3) is 0.304. The molecule has 158 valence electrons. The number of rotatable bonds is 7. The molecule has 3 aromatic rings. The third-order valence-electron chi connectivity index (χ3n) is 5.36. The smallest absolute Gasteiger partial charge is 0.311 e. The number of fused-ring (bicyclic) bond motifs is 1. The summed E-state index contributed by atoms with van der Waals surface area (Å²) >= 11 is 5.91. The molecule has 0 fully saturated rings. The summed E-state index contributed by atoms with van der Waals surface area (Å²) in [5.41, 5.74) is 1.39. The van der Waals surface area contributed by atoms with Crippen molar-refractivity contribution in [1.29, 1.82) is 0 Å². The summed E-state index contributed by atoms with van der Waals surface area (Å²) in [6.07, 6.45) is 2.91. The first-order chi connectivity index (χ1) is 14.3. The molecular weight excluding hydrogens is 409 g/mol. The van der Waals surface area contributed by atoms with Gasteiger partial charge in [-0.2, -0.15) is 0 Å². The van der Waals surface area contributed by atoms with Gasteiger partial charge in [0.25, 0.3) is 5.91 Å². The number of phenolic OH excluding ortho intramolecular Hbond substituents is 1. The highest BCUT2D eigenvalue weighted by Crippen LogP contribution is 2.38. The van der Waals surface area contributed by atoms with Crippen LogP contribution in [0.3, 0.4) is 0 Å². The van der Waals surface area contributed by atoms with E-state index in [2.05, 4.69) is 0 Å². The third-order valence-corrected chi connectivity index (χ3v) is 5.61. The maximum atomic E-state index is 14.2. The van der Waals surface area contributed by atoms with Gasteiger partial charge in [-0.05, 0) is 49.2 Å². The van der Waals surface area contributed by atoms with Crippen LogP contribution in [0.15, 0.2) is 36.4 Å². The number of benzene rings is 2. The highest BCUT2D eigenvalue weighted by molar-refractivity contribution is 6.30. The molecule has 0 bridgehead atoms. The lowest BCUT2D eigenvalue weighted by Crippen LogP contribution is -2.16. The van der Waals surface area contributed by atoms with Crippen LogP contribution < -0.4 is 0 Å². The zero-order valence-corrected chi connectivity index (χ0v) is 17.5. The van der Waals surface area contributed by atoms with Gasteiger partial charge in [0.15, 0.2) is 11.6 Å². The number of aromatic hydroxyl groups is 1. The maximum absolute atomic E-state index is 14.2. The van der Waals surface area contributed by atoms with Crippen molar-refractivity contribution in [3.8, 4) is 5.75 Å². The molecule has 0 saturated heterocycles. The van der Waals surface area contributed by atoms with Gasteiger partial charge in [-0.3, -0.25) is 14.2 Å². The van der Waals surface area contributed by atoms with Gasteiger partial charge < -0.3 is 10.2 Å². The molecule has 1 heterocycles. The molecule has 2 N–H and O–H groups in total. The predicted octanol–water partition coefficient (Wildman–Crippen LogP) is 5.88. The molecule has 0 aliphatic heterocycles. The van der Waals surface area contributed by atoms with E-state index in [0.29, 0.717) is 40.1 Å². The lowest BCUT2D eigenvalue weighted by atomic mass is 9.91. The van der Waals surface area contributed by atoms with Crippen molar-refractivity contribution in [2.75, 3.05) is 0 Å². The van der Waals surface area contributed by atoms with E-state index >= 15 is 0 Å². The molecule has 5 nitrogen and oxygen atoms in total. The standard InChI is InChI=1S/C23H23ClFNO4/c1-3-4-5-6-16(23(29)30)21-13(2)26(19-12-18(25)20(27)11-17(19)21)22(28)14-7-9-15(24)10-8-14/h7-12,16,27H,3-6H2,1-2H3,(H,29,30)/t16-/m0/s1. The molecule has 7 heteroatoms. The first-order valence-corrected chi connectivity index (χ1v) is 10.2. The minimum atomic E-state index is -1.02. The van der Waals surface area contributed by atoms with Crippen LogP contribution >= 0.6 is 11.6 Å². The fourth-order valence-corrected chi connectivity index (χ4v) is 3.99. The summed E-state index contributed by atoms with van der Waals surface area (Å²) < 4.78 is 15.5. The molecular formula is C23H23ClFNO4. The van der Waals surface area contributed by atoms with E-state index in [1.807, 2.05) is 6.92 Å². The SMILES string of the molecule is CCCCC[C@H](C(=O)O)c1c(C)n(C(=O)c2ccc(Cl)cc2)c2cc(F)c(O)cc12. The maximum Gasteiger partial charge on any atom is 0.311 e. The van der Waals surface area contributed by atoms with Crippen LogP contribution in [0.4, 0.5) is 4.39 Å². The van der Waals surface area contributed by atoms with Gasteiger partial charge in [-0.25, -0.2) is 4.39 Å². The number of hydrogen-bond donors (Lipinski definition) is 2. The van der Waals surface area contributed by atoms with E-state index in [9.17, 15) is 24.2 Å². The van der Waals surface area contributed by atoms with E-state index in [4.69, 9.17) is 11.6 Å². The normalized spacial score (nSPS) is 12.3. The summed E-state index contributed by atoms with van der Waals surface area (Å²) in [5.74, 6) is -3.78. The van der Waals surface area contributed by atoms with E-state index < -0.39 is 29.4 Å². The Morgan fingerprint density at radius 1 is 1.17 bits per heavy atom. The quantitative estimate of drug-likeness (QED) is 0.457. The second-order valence-corrected chi connectivity index (χ2v) is 7.79. The monoisotopic (exact) mass is 431 g/mol. The van der Waals surface area contributed by atoms with Crippen molar-refractivity contribution < 1.29 is 24.2 Å². The number of carboxylic acids is 1. The first kappa shape index (κ1) is 21.8. The van der Waals surface area contributed by atoms with Crippen LogP contribution in [-0.2, 0) is 4.79 Å². The number of phenols is 1. The summed E-state index contributed by atoms with van der Waals surface area (Å²) in [4.78, 5) is 25.3. The van der Waals surface area contributed by atoms with Crippen molar-refractivity contribution in [2.45, 2.75) is 45.4 Å². The van der Waals surface area contributed by atoms with Crippen molar-refractivity contribution in [3.63, 3.8) is 0 Å². The molecule has 2 aromatic carbocycles. The Balaban J connectivity index is 2.24. The Morgan fingerprint density at radius 2 is 1.83 bits per heavy atom. The minimum absolute atomic E-state index is 0.222. The molecule has 0 radical (unpaired) electrons. The van der Waals surface area contributed by atoms with Gasteiger partial charge in [0.2, 0.25) is 0 Å². The number of halogens is 2. The number of carbonyl (C=O) groups is 2. The number of unbranched alkanes of at least 4 members (excludes halogenated alkanes) is 2. The number of aliphatic carboxylic acids is 1. The van der Waals surface area contributed by atoms with Gasteiger partial charge in [0.05, 0.1) is 11.4 Å². The van der Waals surface area contributed by atoms with E-state index in [0.717, 1.165) is 18.9 Å². The van der Waals surface area contributed by atoms with Crippen LogP contribution in [-0.4, -0.2) is 26.7 Å². The second kappa shape index (κ2) is 8.88. The molecule has 30 heavy (non-hydrogen) atoms. The lowest BCUT2D eigenvalue weighted by molar-refractivity contribution is -0.139. The van der Waals surface area contributed by atoms with E-state index in [1.54, 1.807) is 31.2 Å². The summed E-state index contributed by atoms with van der Waals surface area (Å²) in [7, 11) is 0. The van der Waals surface area contributed by atoms with Gasteiger partial charge in [0, 0.05) is 27.7 Å². The van der Waals surface area contributed by atoms with Crippen molar-refractivity contribution in [1.82, 2.24) is 4.57 Å². The van der Waals surface area contributed by atoms with Crippen molar-refractivity contribution >= 4 is 34.4 Å². The van der Waals surface area contributed by atoms with Crippen LogP contribution in [0.5, 0.6) is 5.75 Å². The number of carboxylic acid groups (broad SMARTS) is 1. The molecule has 3 rings (SSSR count). The Labute approximate surface area is 178 Å². The summed E-state index contributed by atoms with van der Waals surface area (Å²) in [6, 6.07) is 8.54. The van der Waals surface area contributed by atoms with Gasteiger partial charge in [0.1, 0.15) is 0 Å². The van der Waals surface area contributed by atoms with Crippen LogP contribution in [0.2, 0.25) is 5.02 Å². The zero-order chi connectivity index (χ0) is 22.0. The topological polar surface area (TPSA) is 79.5 Å². The summed E-state index contributed by atoms with van der Waals surface area (Å²) in [6.45, 7) is 3.67. The van der Waals surface area contributed by atoms with Gasteiger partial charge in [-0.15, -0.1) is 0 Å². The largest absolute Gasteiger partial charge is 0.505 e. The minimum Gasteiger partial charge on any atom is -0.505 e. The number of nitrogens with zero attached hydrogens (tertiary/aromatic N) is 1. The molecule has 0 amide bonds. The molecule has 1 atom stereocenters. The van der Waals surface area contributed by atoms with E-state index in [-0.39, 0.29) is 5.52 Å². The zero-order valence-electron chi connectivity index (χ0n) is 16.8. The van der Waals surface area contributed by atoms with Gasteiger partial charge in [-0.1, -0.05) is 37.8 Å². The lowest BCUT2D eigenvalue weighted by Gasteiger charge is -2.14. The molecule has 0 unspecified atom stereocenters. The first-order valence-electron chi connectivity index (χ1n) is 9.82. The van der Waals surface area contributed by atoms with Crippen LogP contribution in [0, 0.1) is 12.7 Å². The van der Waals surface area contributed by atoms with Gasteiger partial charge >= 0.3 is 5.97 Å². The predicted molar refractivity (Wildman–Crippen MR) is 114 cm³/mol. The van der Waals surface area contributed by atoms with Crippen LogP contribution in [0.25, 0.3) is 10.9 Å². The Hall–Kier alpha value is -2.86. The molecule has 0 aliphatic carbocycles. The van der Waals surface area contributed by atoms with E-state index in [1.165, 1.54) is 10.6 Å². The van der Waals surface area contributed by atoms with Crippen LogP contribution in [0.1, 0.15) is 60.1 Å². The average Bonchev–Trinajstić information content (AvgIpc) is 2.96. The highest BCUT2D eigenvalue weighted by Gasteiger charge is 2.30. The average molecular weight is 432 g/mol. The van der Waals surface area contributed by atoms with Crippen molar-refractivity contribution in [3.05, 3.63) is 64.1 Å². The molecule has 0 saturated carbocycles. The number of aromatic nitrogens is 1. The second-order valence-electron chi connectivity index (χ2n) is 7.35. The van der Waals surface area contributed by atoms with Crippen molar-refractivity contribution in [2.24, 2.45) is 0 Å². The number of carbonyl (C=O) groups excluding carboxylic acids is 1. The Kier molecular flexibility index (Phi) is 6.46.